The molecule has 192 valence electrons. The molecule has 0 saturated carbocycles. The maximum Gasteiger partial charge on any atom is 0.459 e. The van der Waals surface area contributed by atoms with E-state index in [0.717, 1.165) is 10.8 Å². The van der Waals surface area contributed by atoms with E-state index in [2.05, 4.69) is 10.1 Å². The predicted molar refractivity (Wildman–Crippen MR) is 122 cm³/mol. The van der Waals surface area contributed by atoms with Gasteiger partial charge in [-0.05, 0) is 32.4 Å². The minimum absolute atomic E-state index is 0.131. The summed E-state index contributed by atoms with van der Waals surface area (Å²) in [6.45, 7) is 4.53. The van der Waals surface area contributed by atoms with Crippen molar-refractivity contribution in [1.82, 2.24) is 14.6 Å². The minimum atomic E-state index is -4.14. The number of aromatic nitrogens is 2. The van der Waals surface area contributed by atoms with Crippen LogP contribution in [0.25, 0.3) is 0 Å². The zero-order valence-corrected chi connectivity index (χ0v) is 20.4. The predicted octanol–water partition coefficient (Wildman–Crippen LogP) is 2.36. The number of hydrogen-bond donors (Lipinski definition) is 2. The van der Waals surface area contributed by atoms with E-state index in [1.165, 1.54) is 6.92 Å². The highest BCUT2D eigenvalue weighted by Crippen LogP contribution is 2.45. The Morgan fingerprint density at radius 2 is 2.09 bits per heavy atom. The van der Waals surface area contributed by atoms with Crippen molar-refractivity contribution < 1.29 is 37.0 Å². The lowest BCUT2D eigenvalue weighted by Gasteiger charge is -2.24. The minimum Gasteiger partial charge on any atom is -0.462 e. The lowest BCUT2D eigenvalue weighted by atomic mass is 10.3. The molecule has 1 saturated heterocycles. The highest BCUT2D eigenvalue weighted by atomic mass is 31.2. The van der Waals surface area contributed by atoms with Gasteiger partial charge in [0.1, 0.15) is 18.4 Å². The number of para-hydroxylation sites is 1. The number of benzene rings is 1. The average molecular weight is 514 g/mol. The Kier molecular flexibility index (Phi) is 8.98. The fraction of sp³-hybridized carbons (Fsp3) is 0.476. The summed E-state index contributed by atoms with van der Waals surface area (Å²) in [4.78, 5) is 27.7. The van der Waals surface area contributed by atoms with Crippen molar-refractivity contribution in [2.24, 2.45) is 0 Å². The monoisotopic (exact) mass is 514 g/mol. The van der Waals surface area contributed by atoms with E-state index < -0.39 is 56.2 Å². The molecule has 14 heteroatoms. The highest BCUT2D eigenvalue weighted by molar-refractivity contribution is 7.52. The molecule has 2 unspecified atom stereocenters. The van der Waals surface area contributed by atoms with Crippen LogP contribution in [0.3, 0.4) is 0 Å². The van der Waals surface area contributed by atoms with Gasteiger partial charge >= 0.3 is 19.4 Å². The number of nitrogens with zero attached hydrogens (tertiary/aromatic N) is 2. The highest BCUT2D eigenvalue weighted by Gasteiger charge is 2.36. The summed E-state index contributed by atoms with van der Waals surface area (Å²) in [6, 6.07) is 7.19. The summed E-state index contributed by atoms with van der Waals surface area (Å²) in [6.07, 6.45) is -0.941. The van der Waals surface area contributed by atoms with Crippen LogP contribution in [0.1, 0.15) is 33.4 Å². The van der Waals surface area contributed by atoms with Gasteiger partial charge in [-0.2, -0.15) is 10.1 Å². The molecule has 0 spiro atoms. The van der Waals surface area contributed by atoms with E-state index in [4.69, 9.17) is 29.0 Å². The van der Waals surface area contributed by atoms with Gasteiger partial charge in [-0.1, -0.05) is 25.1 Å². The number of rotatable bonds is 11. The smallest absolute Gasteiger partial charge is 0.459 e. The third kappa shape index (κ3) is 7.33. The second-order valence-corrected chi connectivity index (χ2v) is 9.42. The first-order valence-corrected chi connectivity index (χ1v) is 12.4. The number of nitrogen functional groups attached to an aromatic ring is 1. The molecule has 0 bridgehead atoms. The van der Waals surface area contributed by atoms with Crippen molar-refractivity contribution in [3.63, 3.8) is 0 Å². The van der Waals surface area contributed by atoms with Crippen LogP contribution >= 0.6 is 7.75 Å². The number of nitrogens with two attached hydrogens (primary N) is 1. The van der Waals surface area contributed by atoms with Gasteiger partial charge in [0.25, 0.3) is 0 Å². The van der Waals surface area contributed by atoms with E-state index >= 15 is 0 Å². The molecule has 0 aliphatic carbocycles. The maximum absolute atomic E-state index is 13.7. The fourth-order valence-electron chi connectivity index (χ4n) is 2.88. The number of carbonyl (C=O) groups excluding carboxylic acids is 1. The molecular weight excluding hydrogens is 486 g/mol. The zero-order valence-electron chi connectivity index (χ0n) is 19.5. The van der Waals surface area contributed by atoms with Gasteiger partial charge in [-0.3, -0.25) is 13.9 Å². The fourth-order valence-corrected chi connectivity index (χ4v) is 4.36. The van der Waals surface area contributed by atoms with Crippen LogP contribution in [0.4, 0.5) is 10.2 Å². The molecular formula is C21H28FN4O8P. The van der Waals surface area contributed by atoms with Crippen LogP contribution in [0.2, 0.25) is 0 Å². The van der Waals surface area contributed by atoms with Gasteiger partial charge in [-0.15, -0.1) is 0 Å². The third-order valence-electron chi connectivity index (χ3n) is 4.92. The lowest BCUT2D eigenvalue weighted by Crippen LogP contribution is -2.37. The third-order valence-corrected chi connectivity index (χ3v) is 6.57. The first-order valence-electron chi connectivity index (χ1n) is 10.9. The Morgan fingerprint density at radius 3 is 2.77 bits per heavy atom. The summed E-state index contributed by atoms with van der Waals surface area (Å²) in [5.41, 5.74) is 4.47. The van der Waals surface area contributed by atoms with Crippen molar-refractivity contribution in [3.05, 3.63) is 52.8 Å². The molecule has 1 aromatic heterocycles. The van der Waals surface area contributed by atoms with Crippen LogP contribution in [-0.4, -0.2) is 47.2 Å². The van der Waals surface area contributed by atoms with Crippen molar-refractivity contribution in [2.75, 3.05) is 18.9 Å². The van der Waals surface area contributed by atoms with E-state index in [9.17, 15) is 18.5 Å². The van der Waals surface area contributed by atoms with E-state index in [-0.39, 0.29) is 18.5 Å². The van der Waals surface area contributed by atoms with Gasteiger partial charge in [0.15, 0.2) is 24.2 Å². The van der Waals surface area contributed by atoms with Gasteiger partial charge in [0, 0.05) is 0 Å². The molecule has 1 aliphatic heterocycles. The van der Waals surface area contributed by atoms with Crippen LogP contribution in [0.5, 0.6) is 5.75 Å². The number of carbonyl (C=O) groups is 1. The van der Waals surface area contributed by atoms with Crippen molar-refractivity contribution >= 4 is 19.5 Å². The number of halogens is 1. The Balaban J connectivity index is 1.67. The molecule has 0 amide bonds. The Bertz CT molecular complexity index is 1120. The van der Waals surface area contributed by atoms with Crippen LogP contribution in [-0.2, 0) is 28.1 Å². The topological polar surface area (TPSA) is 153 Å². The number of esters is 1. The van der Waals surface area contributed by atoms with Crippen molar-refractivity contribution in [1.29, 1.82) is 0 Å². The molecule has 1 aromatic carbocycles. The maximum atomic E-state index is 13.7. The van der Waals surface area contributed by atoms with E-state index in [0.29, 0.717) is 6.42 Å². The molecule has 1 fully saturated rings. The summed E-state index contributed by atoms with van der Waals surface area (Å²) in [5.74, 6) is -1.83. The standard InChI is InChI=1S/C21H28FN4O8P/c1-4-13(2)32-20(27)14(3)25-35(29,34-15-8-6-5-7-9-15)31-12-18-30-11-17(33-18)26-10-16(22)19(23)24-21(26)28/h5-10,13-14,17-18H,4,11-12H2,1-3H3,(H,25,29)(H2,23,24,28)/t13-,14?,17+,18+,35?/m1/s1. The zero-order chi connectivity index (χ0) is 25.6. The first kappa shape index (κ1) is 26.8. The van der Waals surface area contributed by atoms with Gasteiger partial charge < -0.3 is 24.5 Å². The molecule has 35 heavy (non-hydrogen) atoms. The Morgan fingerprint density at radius 1 is 1.37 bits per heavy atom. The normalized spacial score (nSPS) is 21.1. The van der Waals surface area contributed by atoms with Gasteiger partial charge in [0.05, 0.1) is 18.9 Å². The molecule has 1 aliphatic rings. The van der Waals surface area contributed by atoms with Gasteiger partial charge in [0.2, 0.25) is 0 Å². The first-order chi connectivity index (χ1) is 16.6. The Labute approximate surface area is 201 Å². The summed E-state index contributed by atoms with van der Waals surface area (Å²) >= 11 is 0. The Hall–Kier alpha value is -2.83. The molecule has 12 nitrogen and oxygen atoms in total. The van der Waals surface area contributed by atoms with Crippen molar-refractivity contribution in [3.8, 4) is 5.75 Å². The van der Waals surface area contributed by atoms with Crippen molar-refractivity contribution in [2.45, 2.75) is 51.9 Å². The van der Waals surface area contributed by atoms with Crippen LogP contribution in [0, 0.1) is 5.82 Å². The number of hydrogen-bond acceptors (Lipinski definition) is 10. The average Bonchev–Trinajstić information content (AvgIpc) is 3.29. The molecule has 2 aromatic rings. The molecule has 0 radical (unpaired) electrons. The summed E-state index contributed by atoms with van der Waals surface area (Å²) in [5, 5.41) is 2.56. The SMILES string of the molecule is CC[C@@H](C)OC(=O)C(C)NP(=O)(OC[C@H]1OC[C@@H](n2cc(F)c(N)nc2=O)O1)Oc1ccccc1. The van der Waals surface area contributed by atoms with E-state index in [1.54, 1.807) is 37.3 Å². The number of nitrogens with one attached hydrogen (secondary N) is 1. The molecule has 3 rings (SSSR count). The second-order valence-electron chi connectivity index (χ2n) is 7.72. The largest absolute Gasteiger partial charge is 0.462 e. The quantitative estimate of drug-likeness (QED) is 0.336. The number of ether oxygens (including phenoxy) is 3. The van der Waals surface area contributed by atoms with Gasteiger partial charge in [-0.25, -0.2) is 13.8 Å². The van der Waals surface area contributed by atoms with Crippen LogP contribution in [0.15, 0.2) is 41.3 Å². The lowest BCUT2D eigenvalue weighted by molar-refractivity contribution is -0.150. The summed E-state index contributed by atoms with van der Waals surface area (Å²) in [7, 11) is -4.14. The molecule has 2 heterocycles. The molecule has 5 atom stereocenters. The number of anilines is 1. The summed E-state index contributed by atoms with van der Waals surface area (Å²) < 4.78 is 55.4. The van der Waals surface area contributed by atoms with E-state index in [1.807, 2.05) is 6.92 Å². The van der Waals surface area contributed by atoms with Crippen LogP contribution < -0.4 is 21.0 Å². The second kappa shape index (κ2) is 11.7. The molecule has 3 N–H and O–H groups in total.